The molecule has 0 bridgehead atoms. The molecule has 0 spiro atoms. The molecule has 30 heavy (non-hydrogen) atoms. The van der Waals surface area contributed by atoms with Gasteiger partial charge in [-0.2, -0.15) is 0 Å². The topological polar surface area (TPSA) is 46.5 Å². The van der Waals surface area contributed by atoms with E-state index in [4.69, 9.17) is 16.3 Å². The largest absolute Gasteiger partial charge is 0.469 e. The Morgan fingerprint density at radius 1 is 1.07 bits per heavy atom. The third-order valence-corrected chi connectivity index (χ3v) is 7.82. The molecular formula is C26H39ClO3. The second-order valence-corrected chi connectivity index (χ2v) is 10.0. The molecule has 0 heterocycles. The number of ether oxygens (including phenoxy) is 1. The van der Waals surface area contributed by atoms with Gasteiger partial charge in [-0.25, -0.2) is 0 Å². The Hall–Kier alpha value is -1.06. The molecule has 168 valence electrons. The number of rotatable bonds is 10. The van der Waals surface area contributed by atoms with Crippen molar-refractivity contribution in [3.63, 3.8) is 0 Å². The Bertz CT molecular complexity index is 638. The molecule has 1 N–H and O–H groups in total. The number of unbranched alkanes of at least 4 members (excludes halogenated alkanes) is 3. The number of methoxy groups -OCH3 is 1. The quantitative estimate of drug-likeness (QED) is 0.263. The summed E-state index contributed by atoms with van der Waals surface area (Å²) in [7, 11) is 1.44. The lowest BCUT2D eigenvalue weighted by atomic mass is 9.82. The summed E-state index contributed by atoms with van der Waals surface area (Å²) in [5.74, 6) is 1.19. The van der Waals surface area contributed by atoms with Crippen molar-refractivity contribution in [1.82, 2.24) is 0 Å². The minimum Gasteiger partial charge on any atom is -0.469 e. The average Bonchev–Trinajstić information content (AvgIpc) is 3.04. The predicted octanol–water partition coefficient (Wildman–Crippen LogP) is 6.39. The zero-order chi connectivity index (χ0) is 21.3. The number of alkyl halides is 1. The van der Waals surface area contributed by atoms with Crippen LogP contribution in [0.25, 0.3) is 0 Å². The van der Waals surface area contributed by atoms with E-state index in [1.54, 1.807) is 0 Å². The van der Waals surface area contributed by atoms with Crippen LogP contribution in [0.5, 0.6) is 0 Å². The molecule has 0 radical (unpaired) electrons. The van der Waals surface area contributed by atoms with Gasteiger partial charge in [-0.15, -0.1) is 11.6 Å². The Morgan fingerprint density at radius 3 is 2.47 bits per heavy atom. The van der Waals surface area contributed by atoms with E-state index in [2.05, 4.69) is 24.3 Å². The van der Waals surface area contributed by atoms with Gasteiger partial charge < -0.3 is 9.84 Å². The number of aliphatic hydroxyl groups is 1. The average molecular weight is 435 g/mol. The SMILES string of the molecule is COC(=O)CCCCCCC1C(Cl)CC(O)C1c1ccc(CC2CCCCC2)cc1. The zero-order valence-electron chi connectivity index (χ0n) is 18.5. The second kappa shape index (κ2) is 12.1. The summed E-state index contributed by atoms with van der Waals surface area (Å²) >= 11 is 6.66. The zero-order valence-corrected chi connectivity index (χ0v) is 19.3. The van der Waals surface area contributed by atoms with Gasteiger partial charge in [0.15, 0.2) is 0 Å². The number of carbonyl (C=O) groups is 1. The van der Waals surface area contributed by atoms with E-state index in [1.807, 2.05) is 0 Å². The van der Waals surface area contributed by atoms with E-state index in [0.717, 1.165) is 38.0 Å². The van der Waals surface area contributed by atoms with Crippen molar-refractivity contribution in [2.24, 2.45) is 11.8 Å². The van der Waals surface area contributed by atoms with E-state index < -0.39 is 0 Å². The van der Waals surface area contributed by atoms with Gasteiger partial charge in [-0.3, -0.25) is 4.79 Å². The van der Waals surface area contributed by atoms with Crippen LogP contribution in [0.2, 0.25) is 0 Å². The van der Waals surface area contributed by atoms with Crippen LogP contribution in [0.1, 0.15) is 94.1 Å². The molecule has 3 rings (SSSR count). The van der Waals surface area contributed by atoms with Crippen molar-refractivity contribution in [1.29, 1.82) is 0 Å². The van der Waals surface area contributed by atoms with Crippen molar-refractivity contribution in [3.05, 3.63) is 35.4 Å². The van der Waals surface area contributed by atoms with Gasteiger partial charge in [0.25, 0.3) is 0 Å². The third kappa shape index (κ3) is 6.72. The van der Waals surface area contributed by atoms with E-state index >= 15 is 0 Å². The number of hydrogen-bond acceptors (Lipinski definition) is 3. The Labute approximate surface area is 187 Å². The van der Waals surface area contributed by atoms with E-state index in [0.29, 0.717) is 18.8 Å². The summed E-state index contributed by atoms with van der Waals surface area (Å²) in [6.07, 6.45) is 14.1. The maximum Gasteiger partial charge on any atom is 0.305 e. The van der Waals surface area contributed by atoms with Gasteiger partial charge in [0.2, 0.25) is 0 Å². The van der Waals surface area contributed by atoms with E-state index in [-0.39, 0.29) is 23.4 Å². The van der Waals surface area contributed by atoms with Crippen LogP contribution in [-0.2, 0) is 16.0 Å². The molecule has 0 saturated heterocycles. The molecule has 1 aromatic rings. The number of carbonyl (C=O) groups excluding carboxylic acids is 1. The molecule has 4 atom stereocenters. The summed E-state index contributed by atoms with van der Waals surface area (Å²) in [5, 5.41) is 10.8. The highest BCUT2D eigenvalue weighted by Gasteiger charge is 2.41. The maximum atomic E-state index is 11.2. The Kier molecular flexibility index (Phi) is 9.52. The molecule has 0 aromatic heterocycles. The first-order valence-electron chi connectivity index (χ1n) is 12.1. The smallest absolute Gasteiger partial charge is 0.305 e. The van der Waals surface area contributed by atoms with Crippen molar-refractivity contribution in [3.8, 4) is 0 Å². The summed E-state index contributed by atoms with van der Waals surface area (Å²) in [5.41, 5.74) is 2.68. The molecule has 2 aliphatic carbocycles. The molecule has 0 aliphatic heterocycles. The van der Waals surface area contributed by atoms with Crippen LogP contribution >= 0.6 is 11.6 Å². The first kappa shape index (κ1) is 23.6. The first-order chi connectivity index (χ1) is 14.6. The fourth-order valence-corrected chi connectivity index (χ4v) is 6.06. The maximum absolute atomic E-state index is 11.2. The van der Waals surface area contributed by atoms with Crippen LogP contribution in [0.4, 0.5) is 0 Å². The van der Waals surface area contributed by atoms with Crippen molar-refractivity contribution >= 4 is 17.6 Å². The second-order valence-electron chi connectivity index (χ2n) is 9.49. The molecule has 0 amide bonds. The fraction of sp³-hybridized carbons (Fsp3) is 0.731. The van der Waals surface area contributed by atoms with Gasteiger partial charge in [-0.05, 0) is 48.6 Å². The van der Waals surface area contributed by atoms with Gasteiger partial charge in [0, 0.05) is 17.7 Å². The van der Waals surface area contributed by atoms with Crippen LogP contribution in [0.3, 0.4) is 0 Å². The minimum absolute atomic E-state index is 0.0435. The lowest BCUT2D eigenvalue weighted by Gasteiger charge is -2.25. The minimum atomic E-state index is -0.346. The van der Waals surface area contributed by atoms with Gasteiger partial charge >= 0.3 is 5.97 Å². The number of halogens is 1. The van der Waals surface area contributed by atoms with Crippen molar-refractivity contribution in [2.45, 2.75) is 101 Å². The van der Waals surface area contributed by atoms with Gasteiger partial charge in [-0.1, -0.05) is 75.6 Å². The first-order valence-corrected chi connectivity index (χ1v) is 12.5. The van der Waals surface area contributed by atoms with Crippen LogP contribution in [-0.4, -0.2) is 29.7 Å². The highest BCUT2D eigenvalue weighted by Crippen LogP contribution is 2.45. The molecule has 4 heteroatoms. The lowest BCUT2D eigenvalue weighted by Crippen LogP contribution is -2.19. The summed E-state index contributed by atoms with van der Waals surface area (Å²) in [4.78, 5) is 11.2. The van der Waals surface area contributed by atoms with Gasteiger partial charge in [0.05, 0.1) is 13.2 Å². The molecule has 2 saturated carbocycles. The number of esters is 1. The summed E-state index contributed by atoms with van der Waals surface area (Å²) in [6.45, 7) is 0. The number of aliphatic hydroxyl groups excluding tert-OH is 1. The van der Waals surface area contributed by atoms with E-state index in [1.165, 1.54) is 56.8 Å². The van der Waals surface area contributed by atoms with E-state index in [9.17, 15) is 9.90 Å². The Morgan fingerprint density at radius 2 is 1.77 bits per heavy atom. The lowest BCUT2D eigenvalue weighted by molar-refractivity contribution is -0.140. The highest BCUT2D eigenvalue weighted by atomic mass is 35.5. The molecule has 2 fully saturated rings. The molecule has 2 aliphatic rings. The molecule has 1 aromatic carbocycles. The summed E-state index contributed by atoms with van der Waals surface area (Å²) < 4.78 is 4.69. The molecule has 4 unspecified atom stereocenters. The van der Waals surface area contributed by atoms with Crippen LogP contribution in [0.15, 0.2) is 24.3 Å². The molecular weight excluding hydrogens is 396 g/mol. The third-order valence-electron chi connectivity index (χ3n) is 7.32. The predicted molar refractivity (Wildman–Crippen MR) is 123 cm³/mol. The van der Waals surface area contributed by atoms with Crippen molar-refractivity contribution in [2.75, 3.05) is 7.11 Å². The van der Waals surface area contributed by atoms with Gasteiger partial charge in [0.1, 0.15) is 0 Å². The normalized spacial score (nSPS) is 27.3. The fourth-order valence-electron chi connectivity index (χ4n) is 5.60. The van der Waals surface area contributed by atoms with Crippen molar-refractivity contribution < 1.29 is 14.6 Å². The standard InChI is InChI=1S/C26H39ClO3/c1-30-25(29)12-8-3-2-7-11-22-23(27)18-24(28)26(22)21-15-13-20(14-16-21)17-19-9-5-4-6-10-19/h13-16,19,22-24,26,28H,2-12,17-18H2,1H3. The number of benzene rings is 1. The number of hydrogen-bond donors (Lipinski definition) is 1. The van der Waals surface area contributed by atoms with Crippen LogP contribution in [0, 0.1) is 11.8 Å². The van der Waals surface area contributed by atoms with Crippen LogP contribution < -0.4 is 0 Å². The summed E-state index contributed by atoms with van der Waals surface area (Å²) in [6, 6.07) is 9.04. The Balaban J connectivity index is 1.50. The molecule has 3 nitrogen and oxygen atoms in total. The highest BCUT2D eigenvalue weighted by molar-refractivity contribution is 6.21. The monoisotopic (exact) mass is 434 g/mol.